The molecule has 34 heavy (non-hydrogen) atoms. The number of esters is 1. The quantitative estimate of drug-likeness (QED) is 0.579. The summed E-state index contributed by atoms with van der Waals surface area (Å²) < 4.78 is 11.2. The molecule has 0 N–H and O–H groups in total. The molecule has 2 aliphatic heterocycles. The van der Waals surface area contributed by atoms with Crippen molar-refractivity contribution >= 4 is 17.6 Å². The monoisotopic (exact) mass is 464 g/mol. The first-order valence-electron chi connectivity index (χ1n) is 12.3. The number of anilines is 1. The standard InChI is InChI=1S/C28H36N2O4/c1-19(2)17-24(25-27(32)34-28(4,5)33-25)26(31)30-16-15-29(18-20(30)3)23-13-11-22(12-14-23)21-9-7-6-8-10-21/h6-14,19-20,24-25H,15-18H2,1-5H3/t20-,24+,25+/m1/s1. The van der Waals surface area contributed by atoms with E-state index in [4.69, 9.17) is 9.47 Å². The Balaban J connectivity index is 1.44. The fourth-order valence-corrected chi connectivity index (χ4v) is 5.01. The average molecular weight is 465 g/mol. The molecule has 182 valence electrons. The summed E-state index contributed by atoms with van der Waals surface area (Å²) in [6.07, 6.45) is -0.261. The second-order valence-corrected chi connectivity index (χ2v) is 10.3. The molecule has 6 nitrogen and oxygen atoms in total. The maximum absolute atomic E-state index is 13.7. The van der Waals surface area contributed by atoms with Gasteiger partial charge in [-0.15, -0.1) is 0 Å². The SMILES string of the molecule is CC(C)C[C@H](C(=O)N1CCN(c2ccc(-c3ccccc3)cc2)C[C@H]1C)[C@@H]1OC(C)(C)OC1=O. The van der Waals surface area contributed by atoms with E-state index in [0.29, 0.717) is 13.0 Å². The van der Waals surface area contributed by atoms with Gasteiger partial charge in [-0.3, -0.25) is 4.79 Å². The van der Waals surface area contributed by atoms with Crippen LogP contribution in [0.3, 0.4) is 0 Å². The lowest BCUT2D eigenvalue weighted by atomic mass is 9.90. The van der Waals surface area contributed by atoms with Gasteiger partial charge in [0.15, 0.2) is 6.10 Å². The molecule has 2 fully saturated rings. The molecule has 0 unspecified atom stereocenters. The van der Waals surface area contributed by atoms with Crippen LogP contribution in [0.15, 0.2) is 54.6 Å². The van der Waals surface area contributed by atoms with Gasteiger partial charge >= 0.3 is 5.97 Å². The summed E-state index contributed by atoms with van der Waals surface area (Å²) in [5.74, 6) is -1.72. The zero-order chi connectivity index (χ0) is 24.5. The highest BCUT2D eigenvalue weighted by Gasteiger charge is 2.49. The highest BCUT2D eigenvalue weighted by Crippen LogP contribution is 2.33. The third-order valence-corrected chi connectivity index (χ3v) is 6.65. The van der Waals surface area contributed by atoms with E-state index in [2.05, 4.69) is 62.1 Å². The summed E-state index contributed by atoms with van der Waals surface area (Å²) in [4.78, 5) is 30.4. The Kier molecular flexibility index (Phi) is 6.99. The van der Waals surface area contributed by atoms with Gasteiger partial charge in [0.05, 0.1) is 5.92 Å². The molecule has 0 aromatic heterocycles. The summed E-state index contributed by atoms with van der Waals surface area (Å²) in [5, 5.41) is 0. The number of amides is 1. The molecule has 0 saturated carbocycles. The Bertz CT molecular complexity index is 1000. The molecule has 0 aliphatic carbocycles. The summed E-state index contributed by atoms with van der Waals surface area (Å²) >= 11 is 0. The van der Waals surface area contributed by atoms with Crippen LogP contribution in [0.5, 0.6) is 0 Å². The number of hydrogen-bond acceptors (Lipinski definition) is 5. The van der Waals surface area contributed by atoms with E-state index < -0.39 is 23.8 Å². The average Bonchev–Trinajstić information content (AvgIpc) is 3.09. The van der Waals surface area contributed by atoms with Crippen LogP contribution in [-0.2, 0) is 19.1 Å². The number of rotatable bonds is 6. The number of nitrogens with zero attached hydrogens (tertiary/aromatic N) is 2. The van der Waals surface area contributed by atoms with Crippen LogP contribution in [0.1, 0.15) is 41.0 Å². The van der Waals surface area contributed by atoms with Crippen LogP contribution >= 0.6 is 0 Å². The fraction of sp³-hybridized carbons (Fsp3) is 0.500. The van der Waals surface area contributed by atoms with Gasteiger partial charge in [-0.1, -0.05) is 56.3 Å². The van der Waals surface area contributed by atoms with Gasteiger partial charge in [0.1, 0.15) is 0 Å². The minimum absolute atomic E-state index is 0.0140. The second-order valence-electron chi connectivity index (χ2n) is 10.3. The molecular formula is C28H36N2O4. The molecule has 2 heterocycles. The molecule has 2 saturated heterocycles. The van der Waals surface area contributed by atoms with Crippen molar-refractivity contribution in [1.82, 2.24) is 4.90 Å². The summed E-state index contributed by atoms with van der Waals surface area (Å²) in [5.41, 5.74) is 3.54. The summed E-state index contributed by atoms with van der Waals surface area (Å²) in [7, 11) is 0. The first-order valence-corrected chi connectivity index (χ1v) is 12.3. The molecule has 0 bridgehead atoms. The van der Waals surface area contributed by atoms with Gasteiger partial charge < -0.3 is 19.3 Å². The number of ether oxygens (including phenoxy) is 2. The van der Waals surface area contributed by atoms with Crippen molar-refractivity contribution in [3.63, 3.8) is 0 Å². The van der Waals surface area contributed by atoms with E-state index in [0.717, 1.165) is 18.8 Å². The van der Waals surface area contributed by atoms with E-state index in [1.807, 2.05) is 23.1 Å². The van der Waals surface area contributed by atoms with Gasteiger partial charge in [-0.25, -0.2) is 4.79 Å². The predicted molar refractivity (Wildman–Crippen MR) is 133 cm³/mol. The van der Waals surface area contributed by atoms with E-state index >= 15 is 0 Å². The second kappa shape index (κ2) is 9.79. The molecule has 2 aromatic carbocycles. The Morgan fingerprint density at radius 3 is 2.24 bits per heavy atom. The van der Waals surface area contributed by atoms with Crippen molar-refractivity contribution in [3.8, 4) is 11.1 Å². The normalized spacial score (nSPS) is 23.2. The van der Waals surface area contributed by atoms with Crippen molar-refractivity contribution in [2.45, 2.75) is 59.0 Å². The van der Waals surface area contributed by atoms with Crippen molar-refractivity contribution < 1.29 is 19.1 Å². The van der Waals surface area contributed by atoms with Gasteiger partial charge in [0, 0.05) is 45.2 Å². The Hall–Kier alpha value is -2.86. The molecule has 2 aromatic rings. The maximum Gasteiger partial charge on any atom is 0.338 e. The van der Waals surface area contributed by atoms with Crippen LogP contribution in [0.4, 0.5) is 5.69 Å². The number of carbonyl (C=O) groups is 2. The molecule has 3 atom stereocenters. The molecule has 2 aliphatic rings. The molecule has 4 rings (SSSR count). The van der Waals surface area contributed by atoms with Crippen LogP contribution in [-0.4, -0.2) is 54.3 Å². The highest BCUT2D eigenvalue weighted by molar-refractivity contribution is 5.88. The topological polar surface area (TPSA) is 59.1 Å². The largest absolute Gasteiger partial charge is 0.432 e. The minimum Gasteiger partial charge on any atom is -0.432 e. The Morgan fingerprint density at radius 1 is 1.03 bits per heavy atom. The number of benzene rings is 2. The van der Waals surface area contributed by atoms with E-state index in [1.165, 1.54) is 11.1 Å². The third-order valence-electron chi connectivity index (χ3n) is 6.65. The van der Waals surface area contributed by atoms with E-state index in [9.17, 15) is 9.59 Å². The van der Waals surface area contributed by atoms with Gasteiger partial charge in [-0.2, -0.15) is 0 Å². The maximum atomic E-state index is 13.7. The third kappa shape index (κ3) is 5.27. The Labute approximate surface area is 202 Å². The van der Waals surface area contributed by atoms with Crippen molar-refractivity contribution in [1.29, 1.82) is 0 Å². The molecule has 1 amide bonds. The van der Waals surface area contributed by atoms with Crippen LogP contribution in [0.2, 0.25) is 0 Å². The first kappa shape index (κ1) is 24.3. The zero-order valence-corrected chi connectivity index (χ0v) is 20.9. The van der Waals surface area contributed by atoms with Gasteiger partial charge in [-0.05, 0) is 42.5 Å². The molecule has 6 heteroatoms. The van der Waals surface area contributed by atoms with Crippen LogP contribution in [0, 0.1) is 11.8 Å². The van der Waals surface area contributed by atoms with E-state index in [-0.39, 0.29) is 17.9 Å². The lowest BCUT2D eigenvalue weighted by Crippen LogP contribution is -2.57. The molecular weight excluding hydrogens is 428 g/mol. The zero-order valence-electron chi connectivity index (χ0n) is 20.9. The molecule has 0 radical (unpaired) electrons. The summed E-state index contributed by atoms with van der Waals surface area (Å²) in [6, 6.07) is 19.0. The summed E-state index contributed by atoms with van der Waals surface area (Å²) in [6.45, 7) is 11.7. The Morgan fingerprint density at radius 2 is 1.68 bits per heavy atom. The molecule has 0 spiro atoms. The van der Waals surface area contributed by atoms with Crippen molar-refractivity contribution in [3.05, 3.63) is 54.6 Å². The highest BCUT2D eigenvalue weighted by atomic mass is 16.8. The number of hydrogen-bond donors (Lipinski definition) is 0. The lowest BCUT2D eigenvalue weighted by Gasteiger charge is -2.42. The van der Waals surface area contributed by atoms with Gasteiger partial charge in [0.2, 0.25) is 11.7 Å². The van der Waals surface area contributed by atoms with Crippen LogP contribution < -0.4 is 4.90 Å². The fourth-order valence-electron chi connectivity index (χ4n) is 5.01. The first-order chi connectivity index (χ1) is 16.1. The number of piperazine rings is 1. The number of cyclic esters (lactones) is 1. The van der Waals surface area contributed by atoms with Crippen molar-refractivity contribution in [2.24, 2.45) is 11.8 Å². The smallest absolute Gasteiger partial charge is 0.338 e. The van der Waals surface area contributed by atoms with Gasteiger partial charge in [0.25, 0.3) is 0 Å². The van der Waals surface area contributed by atoms with E-state index in [1.54, 1.807) is 13.8 Å². The van der Waals surface area contributed by atoms with Crippen molar-refractivity contribution in [2.75, 3.05) is 24.5 Å². The van der Waals surface area contributed by atoms with Crippen LogP contribution in [0.25, 0.3) is 11.1 Å². The number of carbonyl (C=O) groups excluding carboxylic acids is 2. The predicted octanol–water partition coefficient (Wildman–Crippen LogP) is 4.73. The lowest BCUT2D eigenvalue weighted by molar-refractivity contribution is -0.163. The minimum atomic E-state index is -0.993.